The Morgan fingerprint density at radius 1 is 1.50 bits per heavy atom. The van der Waals surface area contributed by atoms with Gasteiger partial charge in [0.05, 0.1) is 11.3 Å². The van der Waals surface area contributed by atoms with Gasteiger partial charge in [-0.3, -0.25) is 9.36 Å². The van der Waals surface area contributed by atoms with Gasteiger partial charge in [-0.25, -0.2) is 4.98 Å². The van der Waals surface area contributed by atoms with E-state index in [9.17, 15) is 4.79 Å². The lowest BCUT2D eigenvalue weighted by molar-refractivity contribution is 0.493. The van der Waals surface area contributed by atoms with Crippen LogP contribution < -0.4 is 5.56 Å². The Balaban J connectivity index is 2.70. The first-order valence-electron chi connectivity index (χ1n) is 4.97. The van der Waals surface area contributed by atoms with Crippen LogP contribution in [0.4, 0.5) is 0 Å². The normalized spacial score (nSPS) is 14.9. The summed E-state index contributed by atoms with van der Waals surface area (Å²) in [6.45, 7) is 6.32. The molecule has 2 rings (SSSR count). The Morgan fingerprint density at radius 2 is 2.29 bits per heavy atom. The number of nitrogens with zero attached hydrogens (tertiary/aromatic N) is 2. The van der Waals surface area contributed by atoms with Gasteiger partial charge in [0, 0.05) is 13.0 Å². The van der Waals surface area contributed by atoms with E-state index in [1.807, 2.05) is 6.92 Å². The molecule has 0 atom stereocenters. The summed E-state index contributed by atoms with van der Waals surface area (Å²) < 4.78 is 1.79. The highest BCUT2D eigenvalue weighted by Crippen LogP contribution is 2.12. The highest BCUT2D eigenvalue weighted by Gasteiger charge is 2.14. The molecule has 3 nitrogen and oxygen atoms in total. The zero-order valence-corrected chi connectivity index (χ0v) is 8.42. The molecule has 0 aliphatic carbocycles. The third-order valence-corrected chi connectivity index (χ3v) is 2.71. The lowest BCUT2D eigenvalue weighted by Gasteiger charge is -2.18. The molecule has 1 aliphatic rings. The van der Waals surface area contributed by atoms with Gasteiger partial charge < -0.3 is 0 Å². The second-order valence-electron chi connectivity index (χ2n) is 3.65. The van der Waals surface area contributed by atoms with Crippen LogP contribution in [-0.4, -0.2) is 9.55 Å². The van der Waals surface area contributed by atoms with Crippen LogP contribution >= 0.6 is 0 Å². The van der Waals surface area contributed by atoms with Crippen molar-refractivity contribution in [1.82, 2.24) is 9.55 Å². The van der Waals surface area contributed by atoms with Gasteiger partial charge in [-0.05, 0) is 19.8 Å². The smallest absolute Gasteiger partial charge is 0.261 e. The third kappa shape index (κ3) is 1.29. The molecule has 2 heterocycles. The van der Waals surface area contributed by atoms with E-state index in [2.05, 4.69) is 11.6 Å². The van der Waals surface area contributed by atoms with Gasteiger partial charge in [-0.15, -0.1) is 0 Å². The van der Waals surface area contributed by atoms with Crippen LogP contribution in [0.15, 0.2) is 11.4 Å². The number of hydrogen-bond donors (Lipinski definition) is 0. The van der Waals surface area contributed by atoms with Crippen molar-refractivity contribution in [2.75, 3.05) is 0 Å². The molecule has 0 unspecified atom stereocenters. The number of fused-ring (bicyclic) bond motifs is 1. The molecule has 0 bridgehead atoms. The Kier molecular flexibility index (Phi) is 2.23. The van der Waals surface area contributed by atoms with Crippen molar-refractivity contribution < 1.29 is 0 Å². The number of rotatable bonds is 1. The minimum atomic E-state index is 0.0715. The van der Waals surface area contributed by atoms with Crippen LogP contribution in [-0.2, 0) is 13.0 Å². The summed E-state index contributed by atoms with van der Waals surface area (Å²) in [6, 6.07) is 0. The lowest BCUT2D eigenvalue weighted by Crippen LogP contribution is -2.30. The van der Waals surface area contributed by atoms with Crippen LogP contribution in [0, 0.1) is 6.92 Å². The van der Waals surface area contributed by atoms with Crippen molar-refractivity contribution in [3.8, 4) is 0 Å². The van der Waals surface area contributed by atoms with Gasteiger partial charge in [-0.1, -0.05) is 12.7 Å². The zero-order valence-electron chi connectivity index (χ0n) is 8.42. The van der Waals surface area contributed by atoms with Gasteiger partial charge in [0.2, 0.25) is 0 Å². The fraction of sp³-hybridized carbons (Fsp3) is 0.455. The van der Waals surface area contributed by atoms with Gasteiger partial charge in [0.25, 0.3) is 5.56 Å². The maximum absolute atomic E-state index is 11.9. The maximum atomic E-state index is 11.9. The molecule has 0 saturated carbocycles. The van der Waals surface area contributed by atoms with Gasteiger partial charge in [-0.2, -0.15) is 0 Å². The van der Waals surface area contributed by atoms with Crippen molar-refractivity contribution in [2.24, 2.45) is 0 Å². The Labute approximate surface area is 83.1 Å². The molecular formula is C11H14N2O. The van der Waals surface area contributed by atoms with Gasteiger partial charge in [0.1, 0.15) is 5.82 Å². The highest BCUT2D eigenvalue weighted by atomic mass is 16.1. The fourth-order valence-corrected chi connectivity index (χ4v) is 1.94. The van der Waals surface area contributed by atoms with Crippen molar-refractivity contribution in [2.45, 2.75) is 32.7 Å². The molecule has 0 amide bonds. The molecule has 0 fully saturated rings. The summed E-state index contributed by atoms with van der Waals surface area (Å²) in [6.07, 6.45) is 4.74. The van der Waals surface area contributed by atoms with Crippen molar-refractivity contribution in [3.05, 3.63) is 34.0 Å². The summed E-state index contributed by atoms with van der Waals surface area (Å²) in [5.74, 6) is 0.935. The van der Waals surface area contributed by atoms with Crippen LogP contribution in [0.1, 0.15) is 29.9 Å². The van der Waals surface area contributed by atoms with E-state index >= 15 is 0 Å². The molecule has 14 heavy (non-hydrogen) atoms. The summed E-state index contributed by atoms with van der Waals surface area (Å²) in [5, 5.41) is 0. The molecular weight excluding hydrogens is 176 g/mol. The number of hydrogen-bond acceptors (Lipinski definition) is 2. The van der Waals surface area contributed by atoms with Gasteiger partial charge >= 0.3 is 0 Å². The molecule has 0 N–H and O–H groups in total. The average Bonchev–Trinajstić information content (AvgIpc) is 2.18. The second-order valence-corrected chi connectivity index (χ2v) is 3.65. The maximum Gasteiger partial charge on any atom is 0.261 e. The number of aryl methyl sites for hydroxylation is 2. The molecule has 1 aromatic heterocycles. The topological polar surface area (TPSA) is 34.9 Å². The van der Waals surface area contributed by atoms with Crippen LogP contribution in [0.5, 0.6) is 0 Å². The predicted octanol–water partition coefficient (Wildman–Crippen LogP) is 1.53. The van der Waals surface area contributed by atoms with E-state index in [0.29, 0.717) is 5.56 Å². The first-order valence-corrected chi connectivity index (χ1v) is 4.97. The van der Waals surface area contributed by atoms with E-state index in [1.54, 1.807) is 10.6 Å². The monoisotopic (exact) mass is 190 g/mol. The van der Waals surface area contributed by atoms with Crippen LogP contribution in [0.3, 0.4) is 0 Å². The molecule has 74 valence electrons. The Morgan fingerprint density at radius 3 is 3.00 bits per heavy atom. The molecule has 0 aromatic carbocycles. The molecule has 1 aliphatic heterocycles. The zero-order chi connectivity index (χ0) is 10.1. The van der Waals surface area contributed by atoms with E-state index in [-0.39, 0.29) is 5.56 Å². The standard InChI is InChI=1S/C11H14N2O/c1-3-9-8(2)12-10-6-4-5-7-13(10)11(9)14/h3H,1,4-7H2,2H3. The highest BCUT2D eigenvalue weighted by molar-refractivity contribution is 5.48. The molecule has 0 saturated heterocycles. The first-order chi connectivity index (χ1) is 6.74. The predicted molar refractivity (Wildman–Crippen MR) is 56.3 cm³/mol. The second kappa shape index (κ2) is 3.40. The third-order valence-electron chi connectivity index (χ3n) is 2.71. The molecule has 0 spiro atoms. The average molecular weight is 190 g/mol. The summed E-state index contributed by atoms with van der Waals surface area (Å²) in [5.41, 5.74) is 1.52. The first kappa shape index (κ1) is 9.19. The SMILES string of the molecule is C=Cc1c(C)nc2n(c1=O)CCCC2. The van der Waals surface area contributed by atoms with E-state index in [1.165, 1.54) is 0 Å². The van der Waals surface area contributed by atoms with E-state index < -0.39 is 0 Å². The van der Waals surface area contributed by atoms with Crippen LogP contribution in [0.25, 0.3) is 6.08 Å². The Hall–Kier alpha value is -1.38. The molecule has 3 heteroatoms. The minimum Gasteiger partial charge on any atom is -0.296 e. The van der Waals surface area contributed by atoms with Crippen molar-refractivity contribution in [1.29, 1.82) is 0 Å². The lowest BCUT2D eigenvalue weighted by atomic mass is 10.1. The fourth-order valence-electron chi connectivity index (χ4n) is 1.94. The summed E-state index contributed by atoms with van der Waals surface area (Å²) >= 11 is 0. The summed E-state index contributed by atoms with van der Waals surface area (Å²) in [4.78, 5) is 16.4. The van der Waals surface area contributed by atoms with Crippen LogP contribution in [0.2, 0.25) is 0 Å². The molecule has 1 aromatic rings. The van der Waals surface area contributed by atoms with Crippen molar-refractivity contribution >= 4 is 6.08 Å². The van der Waals surface area contributed by atoms with E-state index in [0.717, 1.165) is 37.3 Å². The summed E-state index contributed by atoms with van der Waals surface area (Å²) in [7, 11) is 0. The Bertz CT molecular complexity index is 432. The minimum absolute atomic E-state index is 0.0715. The number of aromatic nitrogens is 2. The molecule has 0 radical (unpaired) electrons. The quantitative estimate of drug-likeness (QED) is 0.673. The van der Waals surface area contributed by atoms with Gasteiger partial charge in [0.15, 0.2) is 0 Å². The van der Waals surface area contributed by atoms with E-state index in [4.69, 9.17) is 0 Å². The van der Waals surface area contributed by atoms with Crippen molar-refractivity contribution in [3.63, 3.8) is 0 Å². The largest absolute Gasteiger partial charge is 0.296 e.